The monoisotopic (exact) mass is 640 g/mol. The molecule has 2 bridgehead atoms. The second kappa shape index (κ2) is 12.4. The molecule has 1 unspecified atom stereocenters. The number of aliphatic hydroxyl groups is 2. The van der Waals surface area contributed by atoms with E-state index in [1.807, 2.05) is 51.5 Å². The number of esters is 3. The summed E-state index contributed by atoms with van der Waals surface area (Å²) in [5.41, 5.74) is -2.54. The highest BCUT2D eigenvalue weighted by Crippen LogP contribution is 2.61. The molecule has 0 aliphatic heterocycles. The summed E-state index contributed by atoms with van der Waals surface area (Å²) in [4.78, 5) is 52.2. The number of carbonyl (C=O) groups is 4. The van der Waals surface area contributed by atoms with E-state index in [4.69, 9.17) is 14.2 Å². The van der Waals surface area contributed by atoms with Crippen molar-refractivity contribution >= 4 is 23.7 Å². The highest BCUT2D eigenvalue weighted by molar-refractivity contribution is 5.98. The number of nitrogens with zero attached hydrogens (tertiary/aromatic N) is 1. The maximum absolute atomic E-state index is 13.6. The molecule has 0 saturated heterocycles. The van der Waals surface area contributed by atoms with E-state index in [-0.39, 0.29) is 42.9 Å². The van der Waals surface area contributed by atoms with E-state index in [1.54, 1.807) is 27.7 Å². The molecule has 46 heavy (non-hydrogen) atoms. The fourth-order valence-corrected chi connectivity index (χ4v) is 8.19. The Bertz CT molecular complexity index is 1440. The van der Waals surface area contributed by atoms with Crippen molar-refractivity contribution in [2.24, 2.45) is 16.7 Å². The Labute approximate surface area is 272 Å². The zero-order chi connectivity index (χ0) is 34.6. The van der Waals surface area contributed by atoms with Gasteiger partial charge in [0.15, 0.2) is 11.9 Å². The first-order valence-electron chi connectivity index (χ1n) is 15.9. The molecule has 10 heteroatoms. The summed E-state index contributed by atoms with van der Waals surface area (Å²) in [6.07, 6.45) is -4.57. The van der Waals surface area contributed by atoms with Crippen molar-refractivity contribution < 1.29 is 48.1 Å². The molecule has 0 amide bonds. The van der Waals surface area contributed by atoms with Gasteiger partial charge in [0.05, 0.1) is 21.1 Å². The number of aliphatic hydroxyl groups excluding tert-OH is 1. The van der Waals surface area contributed by atoms with Crippen molar-refractivity contribution in [3.63, 3.8) is 0 Å². The lowest BCUT2D eigenvalue weighted by atomic mass is 9.48. The van der Waals surface area contributed by atoms with Gasteiger partial charge < -0.3 is 28.9 Å². The Morgan fingerprint density at radius 1 is 1.02 bits per heavy atom. The van der Waals surface area contributed by atoms with Crippen LogP contribution in [0.25, 0.3) is 0 Å². The Hall–Kier alpha value is -3.34. The molecular formula is C36H50NO9+. The largest absolute Gasteiger partial charge is 0.459 e. The SMILES string of the molecule is C=C1[C@@H](OC(=O)CC(c2ccccc2)[N+](C)(C)C)CC[C@@]2(C)[C@@H](O)[C@H](OC(C)=O)C3=C(C)C(=O)C[C@@](O)([C@@H](OC(C)=O)[C@H]12)C3(C)C. The number of ether oxygens (including phenoxy) is 3. The minimum absolute atomic E-state index is 0.0860. The molecule has 0 radical (unpaired) electrons. The standard InChI is InChI=1S/C36H50NO9/c1-20-26(40)19-36(43)33(45-23(4)39)30-21(2)27(46-28(41)18-25(37(8,9)10)24-14-12-11-13-15-24)16-17-35(30,7)32(42)31(44-22(3)38)29(20)34(36,5)6/h11-15,25,27,30-33,42-43H,2,16-19H2,1,3-10H3/q+1/t25?,27-,30-,31+,32-,33-,35+,36+/m0/s1. The molecule has 10 nitrogen and oxygen atoms in total. The summed E-state index contributed by atoms with van der Waals surface area (Å²) >= 11 is 0. The highest BCUT2D eigenvalue weighted by Gasteiger charge is 2.68. The van der Waals surface area contributed by atoms with Gasteiger partial charge >= 0.3 is 17.9 Å². The first-order chi connectivity index (χ1) is 21.2. The van der Waals surface area contributed by atoms with Crippen molar-refractivity contribution in [3.05, 3.63) is 59.2 Å². The normalized spacial score (nSPS) is 33.2. The number of ketones is 1. The summed E-state index contributed by atoms with van der Waals surface area (Å²) in [7, 11) is 6.02. The summed E-state index contributed by atoms with van der Waals surface area (Å²) in [6.45, 7) is 13.5. The van der Waals surface area contributed by atoms with Gasteiger partial charge in [-0.15, -0.1) is 0 Å². The molecule has 2 N–H and O–H groups in total. The second-order valence-corrected chi connectivity index (χ2v) is 15.0. The number of rotatable bonds is 7. The van der Waals surface area contributed by atoms with Crippen LogP contribution in [-0.2, 0) is 33.4 Å². The minimum Gasteiger partial charge on any atom is -0.459 e. The summed E-state index contributed by atoms with van der Waals surface area (Å²) < 4.78 is 18.3. The maximum Gasteiger partial charge on any atom is 0.312 e. The Kier molecular flexibility index (Phi) is 9.54. The van der Waals surface area contributed by atoms with Gasteiger partial charge in [-0.1, -0.05) is 57.7 Å². The predicted octanol–water partition coefficient (Wildman–Crippen LogP) is 3.99. The summed E-state index contributed by atoms with van der Waals surface area (Å²) in [5, 5.41) is 24.8. The fourth-order valence-electron chi connectivity index (χ4n) is 8.19. The lowest BCUT2D eigenvalue weighted by molar-refractivity contribution is -0.901. The predicted molar refractivity (Wildman–Crippen MR) is 170 cm³/mol. The average Bonchev–Trinajstić information content (AvgIpc) is 2.94. The van der Waals surface area contributed by atoms with Crippen LogP contribution < -0.4 is 0 Å². The van der Waals surface area contributed by atoms with E-state index in [9.17, 15) is 29.4 Å². The maximum atomic E-state index is 13.6. The number of hydrogen-bond acceptors (Lipinski definition) is 9. The highest BCUT2D eigenvalue weighted by atomic mass is 16.6. The molecule has 0 spiro atoms. The molecule has 8 atom stereocenters. The lowest BCUT2D eigenvalue weighted by Gasteiger charge is -2.61. The van der Waals surface area contributed by atoms with Gasteiger partial charge in [0.1, 0.15) is 36.4 Å². The molecule has 2 fully saturated rings. The molecule has 0 aromatic heterocycles. The number of allylic oxidation sites excluding steroid dienone is 1. The van der Waals surface area contributed by atoms with Crippen LogP contribution in [0.2, 0.25) is 0 Å². The van der Waals surface area contributed by atoms with Crippen molar-refractivity contribution in [1.29, 1.82) is 0 Å². The number of benzene rings is 1. The van der Waals surface area contributed by atoms with Crippen LogP contribution in [0, 0.1) is 16.7 Å². The summed E-state index contributed by atoms with van der Waals surface area (Å²) in [6, 6.07) is 9.53. The van der Waals surface area contributed by atoms with E-state index in [0.717, 1.165) is 5.56 Å². The van der Waals surface area contributed by atoms with E-state index < -0.39 is 70.5 Å². The van der Waals surface area contributed by atoms with E-state index in [1.165, 1.54) is 13.8 Å². The number of Topliss-reactive ketones (excluding diaryl/α,β-unsaturated/α-hetero) is 1. The van der Waals surface area contributed by atoms with Crippen LogP contribution in [0.15, 0.2) is 53.6 Å². The van der Waals surface area contributed by atoms with Gasteiger partial charge in [0, 0.05) is 42.6 Å². The van der Waals surface area contributed by atoms with Crippen LogP contribution in [0.5, 0.6) is 0 Å². The van der Waals surface area contributed by atoms with Crippen LogP contribution in [0.3, 0.4) is 0 Å². The van der Waals surface area contributed by atoms with Gasteiger partial charge in [-0.2, -0.15) is 0 Å². The molecule has 252 valence electrons. The average molecular weight is 641 g/mol. The molecular weight excluding hydrogens is 590 g/mol. The molecule has 3 aliphatic rings. The topological polar surface area (TPSA) is 136 Å². The molecule has 4 rings (SSSR count). The van der Waals surface area contributed by atoms with Gasteiger partial charge in [0.2, 0.25) is 0 Å². The van der Waals surface area contributed by atoms with Gasteiger partial charge in [-0.05, 0) is 36.5 Å². The third-order valence-corrected chi connectivity index (χ3v) is 10.8. The second-order valence-electron chi connectivity index (χ2n) is 15.0. The van der Waals surface area contributed by atoms with E-state index >= 15 is 0 Å². The van der Waals surface area contributed by atoms with E-state index in [0.29, 0.717) is 10.1 Å². The van der Waals surface area contributed by atoms with Gasteiger partial charge in [-0.25, -0.2) is 0 Å². The third kappa shape index (κ3) is 6.07. The minimum atomic E-state index is -1.98. The molecule has 3 aliphatic carbocycles. The lowest BCUT2D eigenvalue weighted by Crippen LogP contribution is -2.70. The van der Waals surface area contributed by atoms with Crippen LogP contribution in [-0.4, -0.2) is 89.5 Å². The third-order valence-electron chi connectivity index (χ3n) is 10.8. The quantitative estimate of drug-likeness (QED) is 0.196. The molecule has 1 aromatic rings. The van der Waals surface area contributed by atoms with Crippen LogP contribution in [0.1, 0.15) is 78.8 Å². The Morgan fingerprint density at radius 3 is 2.15 bits per heavy atom. The smallest absolute Gasteiger partial charge is 0.312 e. The molecule has 1 aromatic carbocycles. The van der Waals surface area contributed by atoms with Crippen molar-refractivity contribution in [2.45, 2.75) is 103 Å². The first kappa shape index (κ1) is 35.5. The number of hydrogen-bond donors (Lipinski definition) is 2. The fraction of sp³-hybridized carbons (Fsp3) is 0.611. The van der Waals surface area contributed by atoms with E-state index in [2.05, 4.69) is 6.58 Å². The zero-order valence-electron chi connectivity index (χ0n) is 28.6. The van der Waals surface area contributed by atoms with Crippen molar-refractivity contribution in [3.8, 4) is 0 Å². The van der Waals surface area contributed by atoms with Crippen LogP contribution in [0.4, 0.5) is 0 Å². The number of carbonyl (C=O) groups excluding carboxylic acids is 4. The van der Waals surface area contributed by atoms with Gasteiger partial charge in [0.25, 0.3) is 0 Å². The molecule has 0 heterocycles. The zero-order valence-corrected chi connectivity index (χ0v) is 28.6. The van der Waals surface area contributed by atoms with Crippen molar-refractivity contribution in [2.75, 3.05) is 21.1 Å². The van der Waals surface area contributed by atoms with Crippen LogP contribution >= 0.6 is 0 Å². The Morgan fingerprint density at radius 2 is 1.61 bits per heavy atom. The number of fused-ring (bicyclic) bond motifs is 3. The summed E-state index contributed by atoms with van der Waals surface area (Å²) in [5.74, 6) is -3.19. The van der Waals surface area contributed by atoms with Crippen molar-refractivity contribution in [1.82, 2.24) is 0 Å². The first-order valence-corrected chi connectivity index (χ1v) is 15.9. The Balaban J connectivity index is 1.80. The molecule has 2 saturated carbocycles. The van der Waals surface area contributed by atoms with Gasteiger partial charge in [-0.3, -0.25) is 19.2 Å². The number of quaternary nitrogens is 1.